The molecule has 0 radical (unpaired) electrons. The van der Waals surface area contributed by atoms with E-state index in [0.29, 0.717) is 0 Å². The molecule has 0 aliphatic carbocycles. The Morgan fingerprint density at radius 2 is 1.71 bits per heavy atom. The molecule has 1 aromatic carbocycles. The quantitative estimate of drug-likeness (QED) is 0.350. The molecule has 2 bridgehead atoms. The first-order valence-electron chi connectivity index (χ1n) is 6.54. The van der Waals surface area contributed by atoms with Gasteiger partial charge in [-0.1, -0.05) is 18.2 Å². The summed E-state index contributed by atoms with van der Waals surface area (Å²) in [5.74, 6) is -1.71. The van der Waals surface area contributed by atoms with Crippen molar-refractivity contribution in [3.63, 3.8) is 0 Å². The van der Waals surface area contributed by atoms with Gasteiger partial charge in [-0.25, -0.2) is 4.90 Å². The number of imide groups is 1. The summed E-state index contributed by atoms with van der Waals surface area (Å²) < 4.78 is 5.54. The Labute approximate surface area is 118 Å². The standard InChI is InChI=1S/C14H10N2O5/c17-13-11-9-4-5-10(21-9)12(11)14(18)15(13)7-2-1-3-8(6-7)16(19)20/h1-6,9-12H/t9-,10-,11-,12+/m1/s1. The van der Waals surface area contributed by atoms with E-state index in [2.05, 4.69) is 0 Å². The second-order valence-electron chi connectivity index (χ2n) is 5.29. The Morgan fingerprint density at radius 3 is 2.29 bits per heavy atom. The van der Waals surface area contributed by atoms with Crippen LogP contribution in [0.25, 0.3) is 0 Å². The van der Waals surface area contributed by atoms with E-state index in [4.69, 9.17) is 4.74 Å². The van der Waals surface area contributed by atoms with Crippen molar-refractivity contribution in [1.29, 1.82) is 0 Å². The fourth-order valence-electron chi connectivity index (χ4n) is 3.30. The zero-order chi connectivity index (χ0) is 14.7. The molecule has 7 nitrogen and oxygen atoms in total. The zero-order valence-electron chi connectivity index (χ0n) is 10.7. The number of nitro groups is 1. The molecule has 3 aliphatic heterocycles. The minimum atomic E-state index is -0.552. The lowest BCUT2D eigenvalue weighted by molar-refractivity contribution is -0.384. The van der Waals surface area contributed by atoms with Gasteiger partial charge in [0.2, 0.25) is 11.8 Å². The maximum Gasteiger partial charge on any atom is 0.271 e. The molecule has 0 saturated carbocycles. The third-order valence-electron chi connectivity index (χ3n) is 4.21. The highest BCUT2D eigenvalue weighted by Gasteiger charge is 2.61. The van der Waals surface area contributed by atoms with Crippen molar-refractivity contribution in [1.82, 2.24) is 0 Å². The van der Waals surface area contributed by atoms with E-state index in [0.717, 1.165) is 4.90 Å². The summed E-state index contributed by atoms with van der Waals surface area (Å²) in [5, 5.41) is 10.8. The van der Waals surface area contributed by atoms with Crippen LogP contribution in [0.5, 0.6) is 0 Å². The number of anilines is 1. The molecule has 4 rings (SSSR count). The van der Waals surface area contributed by atoms with Crippen LogP contribution in [0.2, 0.25) is 0 Å². The molecule has 0 aromatic heterocycles. The van der Waals surface area contributed by atoms with Crippen LogP contribution in [0.15, 0.2) is 36.4 Å². The van der Waals surface area contributed by atoms with Gasteiger partial charge in [-0.05, 0) is 6.07 Å². The van der Waals surface area contributed by atoms with E-state index in [1.807, 2.05) is 0 Å². The second kappa shape index (κ2) is 3.98. The minimum absolute atomic E-state index is 0.150. The molecule has 2 amide bonds. The van der Waals surface area contributed by atoms with Crippen molar-refractivity contribution in [3.05, 3.63) is 46.5 Å². The van der Waals surface area contributed by atoms with Crippen LogP contribution in [0.1, 0.15) is 0 Å². The fraction of sp³-hybridized carbons (Fsp3) is 0.286. The molecule has 3 heterocycles. The molecular weight excluding hydrogens is 276 g/mol. The molecule has 7 heteroatoms. The first-order valence-corrected chi connectivity index (χ1v) is 6.54. The number of benzene rings is 1. The average Bonchev–Trinajstić information content (AvgIpc) is 3.13. The minimum Gasteiger partial charge on any atom is -0.365 e. The molecular formula is C14H10N2O5. The van der Waals surface area contributed by atoms with Gasteiger partial charge in [0.1, 0.15) is 0 Å². The molecule has 0 N–H and O–H groups in total. The lowest BCUT2D eigenvalue weighted by Gasteiger charge is -2.17. The number of nitro benzene ring substituents is 1. The first-order chi connectivity index (χ1) is 10.1. The monoisotopic (exact) mass is 286 g/mol. The van der Waals surface area contributed by atoms with Crippen molar-refractivity contribution in [2.45, 2.75) is 12.2 Å². The van der Waals surface area contributed by atoms with Crippen molar-refractivity contribution in [2.75, 3.05) is 4.90 Å². The fourth-order valence-corrected chi connectivity index (χ4v) is 3.30. The molecule has 3 aliphatic rings. The first kappa shape index (κ1) is 12.2. The average molecular weight is 286 g/mol. The predicted molar refractivity (Wildman–Crippen MR) is 70.4 cm³/mol. The van der Waals surface area contributed by atoms with Crippen LogP contribution in [-0.2, 0) is 14.3 Å². The number of hydrogen-bond acceptors (Lipinski definition) is 5. The zero-order valence-corrected chi connectivity index (χ0v) is 10.7. The van der Waals surface area contributed by atoms with Gasteiger partial charge < -0.3 is 4.74 Å². The van der Waals surface area contributed by atoms with Gasteiger partial charge in [0.05, 0.1) is 34.7 Å². The van der Waals surface area contributed by atoms with Gasteiger partial charge in [0.15, 0.2) is 0 Å². The molecule has 21 heavy (non-hydrogen) atoms. The number of carbonyl (C=O) groups excluding carboxylic acids is 2. The van der Waals surface area contributed by atoms with Gasteiger partial charge in [-0.2, -0.15) is 0 Å². The van der Waals surface area contributed by atoms with Gasteiger partial charge in [0.25, 0.3) is 5.69 Å². The Kier molecular flexibility index (Phi) is 2.32. The number of nitrogens with zero attached hydrogens (tertiary/aromatic N) is 2. The highest BCUT2D eigenvalue weighted by Crippen LogP contribution is 2.46. The molecule has 2 saturated heterocycles. The van der Waals surface area contributed by atoms with Crippen LogP contribution in [0.3, 0.4) is 0 Å². The number of ether oxygens (including phenoxy) is 1. The summed E-state index contributed by atoms with van der Waals surface area (Å²) in [6, 6.07) is 5.56. The van der Waals surface area contributed by atoms with Crippen LogP contribution in [0.4, 0.5) is 11.4 Å². The van der Waals surface area contributed by atoms with Crippen LogP contribution in [0, 0.1) is 22.0 Å². The molecule has 1 aromatic rings. The summed E-state index contributed by atoms with van der Waals surface area (Å²) >= 11 is 0. The second-order valence-corrected chi connectivity index (χ2v) is 5.29. The Balaban J connectivity index is 1.74. The van der Waals surface area contributed by atoms with Gasteiger partial charge in [-0.15, -0.1) is 0 Å². The van der Waals surface area contributed by atoms with Crippen molar-refractivity contribution in [3.8, 4) is 0 Å². The smallest absolute Gasteiger partial charge is 0.271 e. The molecule has 0 unspecified atom stereocenters. The van der Waals surface area contributed by atoms with E-state index in [1.54, 1.807) is 12.2 Å². The Bertz CT molecular complexity index is 683. The number of non-ortho nitro benzene ring substituents is 1. The summed E-state index contributed by atoms with van der Waals surface area (Å²) in [6.45, 7) is 0. The lowest BCUT2D eigenvalue weighted by Crippen LogP contribution is -2.34. The molecule has 2 fully saturated rings. The maximum atomic E-state index is 12.5. The van der Waals surface area contributed by atoms with Gasteiger partial charge in [0, 0.05) is 12.1 Å². The predicted octanol–water partition coefficient (Wildman–Crippen LogP) is 1.04. The molecule has 4 atom stereocenters. The summed E-state index contributed by atoms with van der Waals surface area (Å²) in [7, 11) is 0. The van der Waals surface area contributed by atoms with Crippen LogP contribution in [-0.4, -0.2) is 28.9 Å². The van der Waals surface area contributed by atoms with E-state index in [9.17, 15) is 19.7 Å². The number of rotatable bonds is 2. The number of amides is 2. The number of hydrogen-bond donors (Lipinski definition) is 0. The number of carbonyl (C=O) groups is 2. The van der Waals surface area contributed by atoms with Crippen molar-refractivity contribution < 1.29 is 19.2 Å². The van der Waals surface area contributed by atoms with Gasteiger partial charge >= 0.3 is 0 Å². The topological polar surface area (TPSA) is 89.8 Å². The van der Waals surface area contributed by atoms with Gasteiger partial charge in [-0.3, -0.25) is 19.7 Å². The SMILES string of the molecule is O=C1[C@@H]2[C@H](C(=O)N1c1cccc([N+](=O)[O-])c1)[C@H]1C=C[C@H]2O1. The lowest BCUT2D eigenvalue weighted by atomic mass is 9.85. The Morgan fingerprint density at radius 1 is 1.10 bits per heavy atom. The summed E-state index contributed by atoms with van der Waals surface area (Å²) in [5.41, 5.74) is 0.0931. The normalized spacial score (nSPS) is 32.9. The highest BCUT2D eigenvalue weighted by atomic mass is 16.6. The maximum absolute atomic E-state index is 12.5. The summed E-state index contributed by atoms with van der Waals surface area (Å²) in [4.78, 5) is 36.3. The largest absolute Gasteiger partial charge is 0.365 e. The van der Waals surface area contributed by atoms with E-state index >= 15 is 0 Å². The van der Waals surface area contributed by atoms with Crippen LogP contribution < -0.4 is 4.90 Å². The van der Waals surface area contributed by atoms with Crippen molar-refractivity contribution >= 4 is 23.2 Å². The number of fused-ring (bicyclic) bond motifs is 5. The van der Waals surface area contributed by atoms with Crippen molar-refractivity contribution in [2.24, 2.45) is 11.8 Å². The summed E-state index contributed by atoms with van der Waals surface area (Å²) in [6.07, 6.45) is 2.88. The third-order valence-corrected chi connectivity index (χ3v) is 4.21. The molecule has 106 valence electrons. The highest BCUT2D eigenvalue weighted by molar-refractivity contribution is 6.23. The molecule has 0 spiro atoms. The van der Waals surface area contributed by atoms with E-state index < -0.39 is 16.8 Å². The van der Waals surface area contributed by atoms with E-state index in [1.165, 1.54) is 24.3 Å². The van der Waals surface area contributed by atoms with E-state index in [-0.39, 0.29) is 35.4 Å². The third kappa shape index (κ3) is 1.52. The van der Waals surface area contributed by atoms with Crippen LogP contribution >= 0.6 is 0 Å². The Hall–Kier alpha value is -2.54.